The summed E-state index contributed by atoms with van der Waals surface area (Å²) < 4.78 is 0. The predicted octanol–water partition coefficient (Wildman–Crippen LogP) is 1.85. The molecule has 4 N–H and O–H groups in total. The number of nitro benzene ring substituents is 1. The van der Waals surface area contributed by atoms with Crippen molar-refractivity contribution in [1.82, 2.24) is 5.32 Å². The Morgan fingerprint density at radius 3 is 2.55 bits per heavy atom. The van der Waals surface area contributed by atoms with Crippen LogP contribution in [0.5, 0.6) is 0 Å². The lowest BCUT2D eigenvalue weighted by molar-refractivity contribution is -0.384. The molecule has 0 saturated heterocycles. The van der Waals surface area contributed by atoms with Crippen molar-refractivity contribution in [2.24, 2.45) is 16.3 Å². The Bertz CT molecular complexity index is 483. The number of oxime groups is 1. The molecule has 0 unspecified atom stereocenters. The molecule has 0 atom stereocenters. The van der Waals surface area contributed by atoms with Gasteiger partial charge in [0.2, 0.25) is 0 Å². The fourth-order valence-corrected chi connectivity index (χ4v) is 1.63. The number of nitrogens with zero attached hydrogens (tertiary/aromatic N) is 2. The number of nitrogens with one attached hydrogen (secondary N) is 1. The van der Waals surface area contributed by atoms with E-state index in [2.05, 4.69) is 10.5 Å². The highest BCUT2D eigenvalue weighted by atomic mass is 16.6. The zero-order valence-corrected chi connectivity index (χ0v) is 11.7. The molecule has 1 aromatic carbocycles. The fourth-order valence-electron chi connectivity index (χ4n) is 1.63. The van der Waals surface area contributed by atoms with E-state index in [0.717, 1.165) is 12.0 Å². The van der Waals surface area contributed by atoms with E-state index < -0.39 is 4.92 Å². The quantitative estimate of drug-likeness (QED) is 0.176. The maximum Gasteiger partial charge on any atom is 0.269 e. The van der Waals surface area contributed by atoms with Gasteiger partial charge in [0.15, 0.2) is 0 Å². The Balaban J connectivity index is 2.40. The number of benzene rings is 1. The van der Waals surface area contributed by atoms with Crippen molar-refractivity contribution in [3.8, 4) is 0 Å². The summed E-state index contributed by atoms with van der Waals surface area (Å²) in [5.41, 5.74) is 6.27. The first-order valence-corrected chi connectivity index (χ1v) is 6.29. The molecular formula is C13H20N4O3. The molecule has 0 spiro atoms. The second-order valence-corrected chi connectivity index (χ2v) is 5.22. The summed E-state index contributed by atoms with van der Waals surface area (Å²) >= 11 is 0. The van der Waals surface area contributed by atoms with Crippen LogP contribution in [0.3, 0.4) is 0 Å². The molecule has 7 nitrogen and oxygen atoms in total. The standard InChI is InChI=1S/C13H20N4O3/c1-13(2,12(14)16-18)7-8-15-9-10-3-5-11(6-4-10)17(19)20/h3-6,15,18H,7-9H2,1-2H3,(H2,14,16). The SMILES string of the molecule is CC(C)(CCNCc1ccc([N+](=O)[O-])cc1)C(N)=NO. The van der Waals surface area contributed by atoms with Gasteiger partial charge in [0, 0.05) is 24.1 Å². The third-order valence-corrected chi connectivity index (χ3v) is 3.20. The minimum absolute atomic E-state index is 0.0850. The van der Waals surface area contributed by atoms with Gasteiger partial charge in [-0.15, -0.1) is 0 Å². The zero-order chi connectivity index (χ0) is 15.2. The normalized spacial score (nSPS) is 12.4. The number of amidine groups is 1. The van der Waals surface area contributed by atoms with Crippen molar-refractivity contribution >= 4 is 11.5 Å². The van der Waals surface area contributed by atoms with E-state index in [-0.39, 0.29) is 16.9 Å². The Morgan fingerprint density at radius 2 is 2.05 bits per heavy atom. The van der Waals surface area contributed by atoms with Crippen LogP contribution in [0.15, 0.2) is 29.4 Å². The van der Waals surface area contributed by atoms with Crippen molar-refractivity contribution in [1.29, 1.82) is 0 Å². The van der Waals surface area contributed by atoms with Gasteiger partial charge in [-0.1, -0.05) is 31.1 Å². The zero-order valence-electron chi connectivity index (χ0n) is 11.7. The van der Waals surface area contributed by atoms with Gasteiger partial charge in [0.1, 0.15) is 5.84 Å². The van der Waals surface area contributed by atoms with Gasteiger partial charge in [0.05, 0.1) is 4.92 Å². The van der Waals surface area contributed by atoms with Gasteiger partial charge >= 0.3 is 0 Å². The number of rotatable bonds is 7. The van der Waals surface area contributed by atoms with E-state index in [9.17, 15) is 10.1 Å². The Hall–Kier alpha value is -2.15. The third kappa shape index (κ3) is 4.51. The second kappa shape index (κ2) is 6.85. The van der Waals surface area contributed by atoms with Gasteiger partial charge in [-0.05, 0) is 18.5 Å². The molecule has 0 aliphatic heterocycles. The van der Waals surface area contributed by atoms with Crippen LogP contribution >= 0.6 is 0 Å². The summed E-state index contributed by atoms with van der Waals surface area (Å²) in [5.74, 6) is 0.203. The maximum atomic E-state index is 10.5. The summed E-state index contributed by atoms with van der Waals surface area (Å²) in [6.07, 6.45) is 0.718. The van der Waals surface area contributed by atoms with Crippen molar-refractivity contribution in [2.45, 2.75) is 26.8 Å². The molecule has 0 aliphatic carbocycles. The van der Waals surface area contributed by atoms with Crippen LogP contribution in [0.4, 0.5) is 5.69 Å². The van der Waals surface area contributed by atoms with Crippen LogP contribution in [0.2, 0.25) is 0 Å². The summed E-state index contributed by atoms with van der Waals surface area (Å²) in [6, 6.07) is 6.41. The highest BCUT2D eigenvalue weighted by molar-refractivity contribution is 5.85. The number of nitro groups is 1. The molecule has 0 bridgehead atoms. The molecule has 7 heteroatoms. The summed E-state index contributed by atoms with van der Waals surface area (Å²) in [4.78, 5) is 10.1. The minimum atomic E-state index is -0.420. The van der Waals surface area contributed by atoms with E-state index in [1.807, 2.05) is 13.8 Å². The monoisotopic (exact) mass is 280 g/mol. The first-order valence-electron chi connectivity index (χ1n) is 6.29. The molecule has 0 saturated carbocycles. The van der Waals surface area contributed by atoms with Crippen LogP contribution in [0.1, 0.15) is 25.8 Å². The second-order valence-electron chi connectivity index (χ2n) is 5.22. The largest absolute Gasteiger partial charge is 0.409 e. The highest BCUT2D eigenvalue weighted by Gasteiger charge is 2.22. The van der Waals surface area contributed by atoms with Crippen LogP contribution in [0.25, 0.3) is 0 Å². The van der Waals surface area contributed by atoms with Crippen molar-refractivity contribution in [3.05, 3.63) is 39.9 Å². The van der Waals surface area contributed by atoms with Crippen molar-refractivity contribution in [2.75, 3.05) is 6.54 Å². The molecule has 1 aromatic rings. The van der Waals surface area contributed by atoms with E-state index in [4.69, 9.17) is 10.9 Å². The smallest absolute Gasteiger partial charge is 0.269 e. The molecular weight excluding hydrogens is 260 g/mol. The van der Waals surface area contributed by atoms with Crippen LogP contribution in [-0.2, 0) is 6.54 Å². The predicted molar refractivity (Wildman–Crippen MR) is 76.6 cm³/mol. The molecule has 0 fully saturated rings. The number of non-ortho nitro benzene ring substituents is 1. The average molecular weight is 280 g/mol. The van der Waals surface area contributed by atoms with E-state index in [1.54, 1.807) is 12.1 Å². The number of nitrogens with two attached hydrogens (primary N) is 1. The number of hydrogen-bond donors (Lipinski definition) is 3. The average Bonchev–Trinajstić information content (AvgIpc) is 2.43. The molecule has 0 radical (unpaired) electrons. The highest BCUT2D eigenvalue weighted by Crippen LogP contribution is 2.19. The molecule has 20 heavy (non-hydrogen) atoms. The molecule has 1 rings (SSSR count). The van der Waals surface area contributed by atoms with E-state index >= 15 is 0 Å². The van der Waals surface area contributed by atoms with Gasteiger partial charge in [0.25, 0.3) is 5.69 Å². The summed E-state index contributed by atoms with van der Waals surface area (Å²) in [7, 11) is 0. The van der Waals surface area contributed by atoms with Crippen LogP contribution in [-0.4, -0.2) is 22.5 Å². The van der Waals surface area contributed by atoms with Gasteiger partial charge < -0.3 is 16.3 Å². The van der Waals surface area contributed by atoms with Crippen molar-refractivity contribution in [3.63, 3.8) is 0 Å². The summed E-state index contributed by atoms with van der Waals surface area (Å²) in [5, 5.41) is 25.4. The minimum Gasteiger partial charge on any atom is -0.409 e. The fraction of sp³-hybridized carbons (Fsp3) is 0.462. The van der Waals surface area contributed by atoms with Crippen molar-refractivity contribution < 1.29 is 10.1 Å². The lowest BCUT2D eigenvalue weighted by Crippen LogP contribution is -2.34. The van der Waals surface area contributed by atoms with Gasteiger partial charge in [-0.25, -0.2) is 0 Å². The molecule has 0 heterocycles. The van der Waals surface area contributed by atoms with E-state index in [0.29, 0.717) is 13.1 Å². The number of hydrogen-bond acceptors (Lipinski definition) is 5. The van der Waals surface area contributed by atoms with Gasteiger partial charge in [-0.2, -0.15) is 0 Å². The third-order valence-electron chi connectivity index (χ3n) is 3.20. The lowest BCUT2D eigenvalue weighted by Gasteiger charge is -2.22. The molecule has 0 aromatic heterocycles. The molecule has 0 amide bonds. The first-order chi connectivity index (χ1) is 9.36. The Morgan fingerprint density at radius 1 is 1.45 bits per heavy atom. The van der Waals surface area contributed by atoms with Gasteiger partial charge in [-0.3, -0.25) is 10.1 Å². The molecule has 110 valence electrons. The topological polar surface area (TPSA) is 114 Å². The van der Waals surface area contributed by atoms with Crippen LogP contribution in [0, 0.1) is 15.5 Å². The molecule has 0 aliphatic rings. The first kappa shape index (κ1) is 15.9. The van der Waals surface area contributed by atoms with E-state index in [1.165, 1.54) is 12.1 Å². The summed E-state index contributed by atoms with van der Waals surface area (Å²) in [6.45, 7) is 5.11. The Kier molecular flexibility index (Phi) is 5.45. The lowest BCUT2D eigenvalue weighted by atomic mass is 9.88. The Labute approximate surface area is 117 Å². The van der Waals surface area contributed by atoms with Crippen LogP contribution < -0.4 is 11.1 Å². The maximum absolute atomic E-state index is 10.5.